The number of allylic oxidation sites excluding steroid dienone is 8. The third-order valence-corrected chi connectivity index (χ3v) is 19.7. The van der Waals surface area contributed by atoms with Crippen molar-refractivity contribution in [2.75, 3.05) is 20.4 Å². The maximum atomic E-state index is 5.31. The van der Waals surface area contributed by atoms with Gasteiger partial charge in [-0.2, -0.15) is 0 Å². The molecular weight excluding hydrogens is 1590 g/mol. The predicted octanol–water partition coefficient (Wildman–Crippen LogP) is 18.1. The number of rotatable bonds is 17. The molecule has 0 unspecified atom stereocenters. The topological polar surface area (TPSA) is 80.0 Å². The average Bonchev–Trinajstić information content (AvgIpc) is 0.778. The molecule has 2 N–H and O–H groups in total. The van der Waals surface area contributed by atoms with Gasteiger partial charge >= 0.3 is 34.1 Å². The van der Waals surface area contributed by atoms with Gasteiger partial charge in [-0.05, 0) is 212 Å². The maximum absolute atomic E-state index is 5.31. The normalized spacial score (nSPS) is 13.9. The Balaban J connectivity index is 0.000000435. The molecule has 0 saturated carbocycles. The van der Waals surface area contributed by atoms with E-state index in [1.807, 2.05) is 48.6 Å². The Morgan fingerprint density at radius 3 is 0.741 bits per heavy atom. The van der Waals surface area contributed by atoms with Crippen LogP contribution in [0, 0.1) is 0 Å². The standard InChI is InChI=1S/2C48H52N4.C6H14.4ClH.2Fe/c2*1-46(2,3)34-22-28-37(29-23-34)49-40-16-10-11-17-41(40)51-43-19-13-15-21-45(43)52(39-32-26-36(27-33-39)48(7,8)9)44-20-14-12-18-42(44)50-38-30-24-35(25-31-38)47(4,5)6;1-3-5-6-4-2;;;;;;/h2*10-33,50H,1-9H3;3-6H2,1-2H3;4*1H;;/q;;;;;;;2*+2/p-4. The van der Waals surface area contributed by atoms with Crippen LogP contribution in [-0.4, -0.2) is 22.8 Å². The van der Waals surface area contributed by atoms with Crippen molar-refractivity contribution in [3.63, 3.8) is 0 Å². The summed E-state index contributed by atoms with van der Waals surface area (Å²) in [7, 11) is 0. The van der Waals surface area contributed by atoms with Crippen molar-refractivity contribution in [1.29, 1.82) is 0 Å². The minimum Gasteiger partial charge on any atom is -1.00 e. The Morgan fingerprint density at radius 1 is 0.259 bits per heavy atom. The summed E-state index contributed by atoms with van der Waals surface area (Å²) in [6.45, 7) is 44.8. The molecule has 0 bridgehead atoms. The molecule has 2 aliphatic carbocycles. The first kappa shape index (κ1) is 99.6. The quantitative estimate of drug-likeness (QED) is 0.0541. The number of para-hydroxylation sites is 8. The molecule has 0 amide bonds. The summed E-state index contributed by atoms with van der Waals surface area (Å²) in [6, 6.07) is 86.1. The summed E-state index contributed by atoms with van der Waals surface area (Å²) in [5.74, 6) is 0. The van der Waals surface area contributed by atoms with Crippen LogP contribution in [0.4, 0.5) is 79.6 Å². The minimum absolute atomic E-state index is 0. The van der Waals surface area contributed by atoms with Gasteiger partial charge in [0.05, 0.1) is 79.7 Å². The smallest absolute Gasteiger partial charge is 1.00 e. The van der Waals surface area contributed by atoms with Gasteiger partial charge in [0.15, 0.2) is 0 Å². The summed E-state index contributed by atoms with van der Waals surface area (Å²) < 4.78 is 0. The van der Waals surface area contributed by atoms with Crippen LogP contribution in [0.15, 0.2) is 311 Å². The van der Waals surface area contributed by atoms with Crippen LogP contribution in [0.1, 0.15) is 198 Å². The summed E-state index contributed by atoms with van der Waals surface area (Å²) in [4.78, 5) is 25.3. The Bertz CT molecular complexity index is 4680. The number of unbranched alkanes of at least 4 members (excludes halogenated alkanes) is 3. The molecule has 0 atom stereocenters. The van der Waals surface area contributed by atoms with Crippen LogP contribution in [0.25, 0.3) is 0 Å². The molecule has 8 nitrogen and oxygen atoms in total. The first-order valence-electron chi connectivity index (χ1n) is 39.4. The summed E-state index contributed by atoms with van der Waals surface area (Å²) in [6.07, 6.45) is 21.8. The number of benzene rings is 10. The van der Waals surface area contributed by atoms with E-state index in [1.165, 1.54) is 59.1 Å². The van der Waals surface area contributed by atoms with E-state index in [0.717, 1.165) is 102 Å². The maximum Gasteiger partial charge on any atom is 2.00 e. The number of nitrogens with zero attached hydrogens (tertiary/aromatic N) is 6. The van der Waals surface area contributed by atoms with Crippen LogP contribution in [-0.2, 0) is 66.6 Å². The molecular formula is C102H118Cl4Fe2N8. The fourth-order valence-electron chi connectivity index (χ4n) is 12.9. The predicted molar refractivity (Wildman–Crippen MR) is 482 cm³/mol. The van der Waals surface area contributed by atoms with E-state index in [9.17, 15) is 0 Å². The Morgan fingerprint density at radius 2 is 0.483 bits per heavy atom. The van der Waals surface area contributed by atoms with E-state index < -0.39 is 0 Å². The van der Waals surface area contributed by atoms with Crippen molar-refractivity contribution < 1.29 is 83.8 Å². The van der Waals surface area contributed by atoms with E-state index in [0.29, 0.717) is 0 Å². The largest absolute Gasteiger partial charge is 2.00 e. The van der Waals surface area contributed by atoms with Crippen molar-refractivity contribution >= 4 is 102 Å². The minimum atomic E-state index is 0. The molecule has 610 valence electrons. The molecule has 0 saturated heterocycles. The van der Waals surface area contributed by atoms with E-state index in [-0.39, 0.29) is 116 Å². The van der Waals surface area contributed by atoms with Gasteiger partial charge in [0, 0.05) is 22.7 Å². The van der Waals surface area contributed by atoms with Crippen molar-refractivity contribution in [3.8, 4) is 0 Å². The van der Waals surface area contributed by atoms with Crippen LogP contribution in [0.2, 0.25) is 0 Å². The van der Waals surface area contributed by atoms with Gasteiger partial charge < -0.3 is 70.1 Å². The van der Waals surface area contributed by atoms with Gasteiger partial charge in [0.2, 0.25) is 0 Å². The fraction of sp³-hybridized carbons (Fsp3) is 0.294. The molecule has 14 heteroatoms. The number of hydrogen-bond acceptors (Lipinski definition) is 8. The van der Waals surface area contributed by atoms with Gasteiger partial charge in [0.25, 0.3) is 0 Å². The molecule has 12 rings (SSSR count). The number of hydrogen-bond donors (Lipinski definition) is 2. The molecule has 0 aliphatic heterocycles. The Kier molecular flexibility index (Phi) is 37.9. The second-order valence-electron chi connectivity index (χ2n) is 34.9. The van der Waals surface area contributed by atoms with Gasteiger partial charge in [-0.25, -0.2) is 20.0 Å². The van der Waals surface area contributed by atoms with Crippen LogP contribution < -0.4 is 70.1 Å². The molecule has 0 radical (unpaired) electrons. The zero-order valence-corrected chi connectivity index (χ0v) is 76.7. The number of aliphatic imine (C=N–C) groups is 4. The summed E-state index contributed by atoms with van der Waals surface area (Å²) >= 11 is 0. The van der Waals surface area contributed by atoms with Crippen molar-refractivity contribution in [1.82, 2.24) is 0 Å². The Hall–Kier alpha value is -8.76. The van der Waals surface area contributed by atoms with Crippen LogP contribution >= 0.6 is 0 Å². The first-order chi connectivity index (χ1) is 52.2. The third-order valence-electron chi connectivity index (χ3n) is 19.7. The number of anilines is 10. The molecule has 0 fully saturated rings. The third kappa shape index (κ3) is 27.4. The molecule has 2 aliphatic rings. The van der Waals surface area contributed by atoms with Gasteiger partial charge in [-0.3, -0.25) is 0 Å². The van der Waals surface area contributed by atoms with Gasteiger partial charge in [-0.1, -0.05) is 310 Å². The summed E-state index contributed by atoms with van der Waals surface area (Å²) in [5, 5.41) is 7.48. The monoisotopic (exact) mass is 1710 g/mol. The average molecular weight is 1710 g/mol. The van der Waals surface area contributed by atoms with Crippen LogP contribution in [0.3, 0.4) is 0 Å². The zero-order valence-electron chi connectivity index (χ0n) is 71.4. The molecule has 0 aromatic heterocycles. The first-order valence-corrected chi connectivity index (χ1v) is 39.4. The van der Waals surface area contributed by atoms with E-state index in [1.54, 1.807) is 0 Å². The van der Waals surface area contributed by atoms with Crippen molar-refractivity contribution in [3.05, 3.63) is 325 Å². The van der Waals surface area contributed by atoms with Crippen molar-refractivity contribution in [2.45, 2.75) is 197 Å². The summed E-state index contributed by atoms with van der Waals surface area (Å²) in [5.41, 5.74) is 25.0. The fourth-order valence-corrected chi connectivity index (χ4v) is 12.9. The Labute approximate surface area is 742 Å². The van der Waals surface area contributed by atoms with E-state index in [4.69, 9.17) is 20.0 Å². The van der Waals surface area contributed by atoms with E-state index >= 15 is 0 Å². The second kappa shape index (κ2) is 44.2. The SMILES string of the molecule is CC(C)(C)c1ccc(N=C2C=CC=CC2=Nc2ccccc2N(c2ccc(C(C)(C)C)cc2)c2ccccc2Nc2ccc(C(C)(C)C)cc2)cc1.CC(C)(C)c1ccc(N=C2C=CC=CC2=Nc2ccccc2N(c2ccc(C(C)(C)C)cc2)c2ccccc2Nc2ccc(C(C)(C)C)cc2)cc1.CCCCCC.[Cl-].[Cl-].[Cl-].[Cl-].[Fe+2].[Fe+2]. The van der Waals surface area contributed by atoms with Crippen LogP contribution in [0.5, 0.6) is 0 Å². The second-order valence-corrected chi connectivity index (χ2v) is 34.9. The molecule has 116 heavy (non-hydrogen) atoms. The molecule has 10 aromatic carbocycles. The van der Waals surface area contributed by atoms with Crippen molar-refractivity contribution in [2.24, 2.45) is 20.0 Å². The number of nitrogens with one attached hydrogen (secondary N) is 2. The molecule has 0 spiro atoms. The zero-order chi connectivity index (χ0) is 79.0. The van der Waals surface area contributed by atoms with Gasteiger partial charge in [-0.15, -0.1) is 0 Å². The molecule has 0 heterocycles. The van der Waals surface area contributed by atoms with E-state index in [2.05, 4.69) is 402 Å². The van der Waals surface area contributed by atoms with Gasteiger partial charge in [0.1, 0.15) is 0 Å². The number of halogens is 4. The molecule has 10 aromatic rings.